The van der Waals surface area contributed by atoms with Crippen LogP contribution in [-0.4, -0.2) is 16.5 Å². The highest BCUT2D eigenvalue weighted by Crippen LogP contribution is 2.68. The summed E-state index contributed by atoms with van der Waals surface area (Å²) in [4.78, 5) is 0. The Balaban J connectivity index is 1.58. The van der Waals surface area contributed by atoms with Crippen molar-refractivity contribution in [2.75, 3.05) is 0 Å². The molecule has 0 radical (unpaired) electrons. The number of rotatable bonds is 2. The van der Waals surface area contributed by atoms with Gasteiger partial charge in [-0.1, -0.05) is 27.2 Å². The third-order valence-electron chi connectivity index (χ3n) is 9.55. The molecule has 0 heterocycles. The summed E-state index contributed by atoms with van der Waals surface area (Å²) in [7, 11) is 0. The molecule has 4 fully saturated rings. The number of aliphatic hydroxyl groups is 2. The van der Waals surface area contributed by atoms with Gasteiger partial charge in [-0.15, -0.1) is 0 Å². The molecule has 4 aliphatic rings. The van der Waals surface area contributed by atoms with Crippen molar-refractivity contribution >= 4 is 0 Å². The molecule has 2 unspecified atom stereocenters. The zero-order valence-electron chi connectivity index (χ0n) is 16.0. The molecule has 0 aliphatic heterocycles. The number of hydrogen-bond acceptors (Lipinski definition) is 2. The Morgan fingerprint density at radius 1 is 0.875 bits per heavy atom. The Bertz CT molecular complexity index is 475. The summed E-state index contributed by atoms with van der Waals surface area (Å²) in [6.07, 6.45) is 12.1. The molecule has 0 saturated heterocycles. The minimum absolute atomic E-state index is 0.369. The van der Waals surface area contributed by atoms with Crippen molar-refractivity contribution in [2.24, 2.45) is 46.3 Å². The van der Waals surface area contributed by atoms with Crippen LogP contribution in [0.4, 0.5) is 0 Å². The van der Waals surface area contributed by atoms with E-state index >= 15 is 0 Å². The van der Waals surface area contributed by atoms with Crippen molar-refractivity contribution in [1.82, 2.24) is 0 Å². The second-order valence-electron chi connectivity index (χ2n) is 10.6. The molecule has 8 atom stereocenters. The summed E-state index contributed by atoms with van der Waals surface area (Å²) in [5.41, 5.74) is 0.963. The van der Waals surface area contributed by atoms with E-state index in [2.05, 4.69) is 20.8 Å². The molecular formula is C22H38O2. The lowest BCUT2D eigenvalue weighted by Crippen LogP contribution is -2.53. The topological polar surface area (TPSA) is 40.5 Å². The maximum absolute atomic E-state index is 9.53. The summed E-state index contributed by atoms with van der Waals surface area (Å²) in [6.45, 7) is 7.62. The van der Waals surface area contributed by atoms with Gasteiger partial charge in [-0.05, 0) is 97.7 Å². The molecule has 2 N–H and O–H groups in total. The minimum atomic E-state index is -1.12. The van der Waals surface area contributed by atoms with Gasteiger partial charge in [-0.3, -0.25) is 0 Å². The third kappa shape index (κ3) is 2.50. The number of hydrogen-bond donors (Lipinski definition) is 2. The van der Waals surface area contributed by atoms with Crippen LogP contribution in [0.3, 0.4) is 0 Å². The Morgan fingerprint density at radius 3 is 2.33 bits per heavy atom. The number of fused-ring (bicyclic) bond motifs is 5. The fraction of sp³-hybridized carbons (Fsp3) is 1.00. The van der Waals surface area contributed by atoms with Gasteiger partial charge in [-0.2, -0.15) is 0 Å². The fourth-order valence-electron chi connectivity index (χ4n) is 8.42. The van der Waals surface area contributed by atoms with E-state index in [0.29, 0.717) is 23.2 Å². The zero-order chi connectivity index (χ0) is 17.1. The lowest BCUT2D eigenvalue weighted by molar-refractivity contribution is -0.127. The van der Waals surface area contributed by atoms with Crippen molar-refractivity contribution in [3.8, 4) is 0 Å². The van der Waals surface area contributed by atoms with Crippen molar-refractivity contribution in [1.29, 1.82) is 0 Å². The van der Waals surface area contributed by atoms with Gasteiger partial charge in [0.2, 0.25) is 0 Å². The van der Waals surface area contributed by atoms with Gasteiger partial charge in [0, 0.05) is 6.42 Å². The van der Waals surface area contributed by atoms with Crippen LogP contribution in [0.5, 0.6) is 0 Å². The zero-order valence-corrected chi connectivity index (χ0v) is 16.0. The van der Waals surface area contributed by atoms with E-state index in [4.69, 9.17) is 0 Å². The molecule has 138 valence electrons. The molecule has 0 aromatic carbocycles. The highest BCUT2D eigenvalue weighted by atomic mass is 16.5. The first-order chi connectivity index (χ1) is 11.3. The van der Waals surface area contributed by atoms with E-state index < -0.39 is 6.29 Å². The lowest BCUT2D eigenvalue weighted by Gasteiger charge is -2.61. The van der Waals surface area contributed by atoms with Crippen molar-refractivity contribution < 1.29 is 10.2 Å². The molecular weight excluding hydrogens is 296 g/mol. The molecule has 2 heteroatoms. The molecule has 4 rings (SSSR count). The van der Waals surface area contributed by atoms with Crippen LogP contribution in [0.1, 0.15) is 85.0 Å². The van der Waals surface area contributed by atoms with E-state index in [-0.39, 0.29) is 0 Å². The van der Waals surface area contributed by atoms with E-state index in [0.717, 1.165) is 29.6 Å². The standard InChI is InChI=1S/C22H38O2/c1-14-4-5-15-6-8-17-18-9-7-16(12-20(23)24)21(18,2)11-10-19(17)22(15,3)13-14/h14-20,23-24H,4-13H2,1-3H3/t14?,15?,16-,17+,18+,19+,21-,22+/m1/s1. The molecule has 0 spiro atoms. The van der Waals surface area contributed by atoms with E-state index in [1.165, 1.54) is 57.8 Å². The second kappa shape index (κ2) is 5.98. The summed E-state index contributed by atoms with van der Waals surface area (Å²) < 4.78 is 0. The van der Waals surface area contributed by atoms with Crippen LogP contribution >= 0.6 is 0 Å². The van der Waals surface area contributed by atoms with Crippen LogP contribution in [0.2, 0.25) is 0 Å². The smallest absolute Gasteiger partial charge is 0.151 e. The highest BCUT2D eigenvalue weighted by Gasteiger charge is 2.59. The summed E-state index contributed by atoms with van der Waals surface area (Å²) in [5, 5.41) is 19.1. The predicted molar refractivity (Wildman–Crippen MR) is 97.2 cm³/mol. The summed E-state index contributed by atoms with van der Waals surface area (Å²) in [5.74, 6) is 5.12. The van der Waals surface area contributed by atoms with Gasteiger partial charge in [0.05, 0.1) is 0 Å². The van der Waals surface area contributed by atoms with Crippen molar-refractivity contribution in [3.63, 3.8) is 0 Å². The van der Waals surface area contributed by atoms with Crippen LogP contribution in [-0.2, 0) is 0 Å². The van der Waals surface area contributed by atoms with Crippen LogP contribution in [0.25, 0.3) is 0 Å². The van der Waals surface area contributed by atoms with E-state index in [1.807, 2.05) is 0 Å². The quantitative estimate of drug-likeness (QED) is 0.699. The molecule has 2 nitrogen and oxygen atoms in total. The van der Waals surface area contributed by atoms with E-state index in [1.54, 1.807) is 0 Å². The van der Waals surface area contributed by atoms with Gasteiger partial charge in [-0.25, -0.2) is 0 Å². The maximum atomic E-state index is 9.53. The second-order valence-corrected chi connectivity index (χ2v) is 10.6. The van der Waals surface area contributed by atoms with Gasteiger partial charge in [0.1, 0.15) is 0 Å². The Hall–Kier alpha value is -0.0800. The van der Waals surface area contributed by atoms with Crippen molar-refractivity contribution in [3.05, 3.63) is 0 Å². The van der Waals surface area contributed by atoms with Crippen LogP contribution < -0.4 is 0 Å². The summed E-state index contributed by atoms with van der Waals surface area (Å²) in [6, 6.07) is 0. The molecule has 24 heavy (non-hydrogen) atoms. The minimum Gasteiger partial charge on any atom is -0.368 e. The molecule has 4 saturated carbocycles. The molecule has 0 amide bonds. The van der Waals surface area contributed by atoms with Crippen molar-refractivity contribution in [2.45, 2.75) is 91.3 Å². The van der Waals surface area contributed by atoms with Gasteiger partial charge < -0.3 is 10.2 Å². The Kier molecular flexibility index (Phi) is 4.32. The molecule has 0 bridgehead atoms. The largest absolute Gasteiger partial charge is 0.368 e. The van der Waals surface area contributed by atoms with Gasteiger partial charge in [0.15, 0.2) is 6.29 Å². The normalized spacial score (nSPS) is 54.2. The first-order valence-corrected chi connectivity index (χ1v) is 10.7. The first kappa shape index (κ1) is 17.3. The summed E-state index contributed by atoms with van der Waals surface area (Å²) >= 11 is 0. The van der Waals surface area contributed by atoms with Crippen LogP contribution in [0.15, 0.2) is 0 Å². The average Bonchev–Trinajstić information content (AvgIpc) is 2.82. The highest BCUT2D eigenvalue weighted by molar-refractivity contribution is 5.09. The van der Waals surface area contributed by atoms with Crippen LogP contribution in [0, 0.1) is 46.3 Å². The Morgan fingerprint density at radius 2 is 1.58 bits per heavy atom. The van der Waals surface area contributed by atoms with E-state index in [9.17, 15) is 10.2 Å². The average molecular weight is 335 g/mol. The van der Waals surface area contributed by atoms with Gasteiger partial charge in [0.25, 0.3) is 0 Å². The molecule has 0 aromatic heterocycles. The monoisotopic (exact) mass is 334 g/mol. The predicted octanol–water partition coefficient (Wildman–Crippen LogP) is 4.98. The molecule has 0 aromatic rings. The number of aliphatic hydroxyl groups excluding tert-OH is 1. The fourth-order valence-corrected chi connectivity index (χ4v) is 8.42. The van der Waals surface area contributed by atoms with Gasteiger partial charge >= 0.3 is 0 Å². The maximum Gasteiger partial charge on any atom is 0.151 e. The third-order valence-corrected chi connectivity index (χ3v) is 9.55. The molecule has 4 aliphatic carbocycles. The lowest BCUT2D eigenvalue weighted by atomic mass is 9.44. The first-order valence-electron chi connectivity index (χ1n) is 10.7. The Labute approximate surface area is 148 Å². The SMILES string of the molecule is CC1CCC2CC[C@H]3[C@@H]4CC[C@H](CC(O)O)[C@@]4(C)CC[C@@H]3[C@@]2(C)C1.